The first-order valence-electron chi connectivity index (χ1n) is 10.9. The molecule has 1 fully saturated rings. The monoisotopic (exact) mass is 392 g/mol. The van der Waals surface area contributed by atoms with Crippen molar-refractivity contribution >= 4 is 5.91 Å². The van der Waals surface area contributed by atoms with E-state index in [9.17, 15) is 4.79 Å². The minimum Gasteiger partial charge on any atom is -0.338 e. The summed E-state index contributed by atoms with van der Waals surface area (Å²) in [5, 5.41) is 0. The lowest BCUT2D eigenvalue weighted by Gasteiger charge is -2.35. The van der Waals surface area contributed by atoms with Gasteiger partial charge in [-0.15, -0.1) is 0 Å². The van der Waals surface area contributed by atoms with Gasteiger partial charge in [-0.25, -0.2) is 9.97 Å². The third-order valence-corrected chi connectivity index (χ3v) is 6.34. The standard InChI is InChI=1S/C24H32N4O/c1-17(2)20-9-7-19(8-10-20)15-28-12-5-4-6-23(28)24-25-14-21-16-27(18(3)29)13-11-22(21)26-24/h7-10,14,17,23H,4-6,11-13,15-16H2,1-3H3/t23-/m0/s1. The second-order valence-corrected chi connectivity index (χ2v) is 8.77. The highest BCUT2D eigenvalue weighted by atomic mass is 16.2. The highest BCUT2D eigenvalue weighted by Gasteiger charge is 2.28. The maximum Gasteiger partial charge on any atom is 0.219 e. The molecule has 0 radical (unpaired) electrons. The Labute approximate surface area is 174 Å². The highest BCUT2D eigenvalue weighted by molar-refractivity contribution is 5.73. The van der Waals surface area contributed by atoms with Gasteiger partial charge in [0, 0.05) is 44.7 Å². The molecule has 1 atom stereocenters. The van der Waals surface area contributed by atoms with Gasteiger partial charge >= 0.3 is 0 Å². The normalized spacial score (nSPS) is 20.0. The molecule has 1 aromatic carbocycles. The van der Waals surface area contributed by atoms with E-state index >= 15 is 0 Å². The Bertz CT molecular complexity index is 862. The minimum absolute atomic E-state index is 0.127. The summed E-state index contributed by atoms with van der Waals surface area (Å²) in [6, 6.07) is 9.34. The molecule has 0 unspecified atom stereocenters. The van der Waals surface area contributed by atoms with Crippen LogP contribution in [0, 0.1) is 0 Å². The van der Waals surface area contributed by atoms with Crippen LogP contribution >= 0.6 is 0 Å². The average Bonchev–Trinajstić information content (AvgIpc) is 2.73. The number of aromatic nitrogens is 2. The van der Waals surface area contributed by atoms with Crippen molar-refractivity contribution in [1.29, 1.82) is 0 Å². The van der Waals surface area contributed by atoms with E-state index in [2.05, 4.69) is 43.0 Å². The lowest BCUT2D eigenvalue weighted by atomic mass is 9.98. The predicted octanol–water partition coefficient (Wildman–Crippen LogP) is 4.23. The van der Waals surface area contributed by atoms with Crippen LogP contribution in [0.15, 0.2) is 30.5 Å². The molecule has 0 spiro atoms. The number of hydrogen-bond acceptors (Lipinski definition) is 4. The predicted molar refractivity (Wildman–Crippen MR) is 114 cm³/mol. The second kappa shape index (κ2) is 8.62. The van der Waals surface area contributed by atoms with Gasteiger partial charge in [0.05, 0.1) is 11.7 Å². The molecule has 2 aliphatic rings. The third kappa shape index (κ3) is 4.50. The maximum absolute atomic E-state index is 11.7. The van der Waals surface area contributed by atoms with Gasteiger partial charge < -0.3 is 4.90 Å². The Hall–Kier alpha value is -2.27. The number of fused-ring (bicyclic) bond motifs is 1. The summed E-state index contributed by atoms with van der Waals surface area (Å²) in [6.07, 6.45) is 6.36. The second-order valence-electron chi connectivity index (χ2n) is 8.77. The molecule has 0 N–H and O–H groups in total. The fourth-order valence-corrected chi connectivity index (χ4v) is 4.48. The van der Waals surface area contributed by atoms with Gasteiger partial charge in [0.25, 0.3) is 0 Å². The number of amides is 1. The van der Waals surface area contributed by atoms with Crippen LogP contribution in [0.3, 0.4) is 0 Å². The lowest BCUT2D eigenvalue weighted by molar-refractivity contribution is -0.129. The van der Waals surface area contributed by atoms with Gasteiger partial charge in [-0.2, -0.15) is 0 Å². The molecular formula is C24H32N4O. The molecule has 0 saturated carbocycles. The highest BCUT2D eigenvalue weighted by Crippen LogP contribution is 2.31. The van der Waals surface area contributed by atoms with Crippen molar-refractivity contribution in [2.45, 2.75) is 71.5 Å². The number of carbonyl (C=O) groups is 1. The Kier molecular flexibility index (Phi) is 5.95. The van der Waals surface area contributed by atoms with Gasteiger partial charge in [0.15, 0.2) is 0 Å². The van der Waals surface area contributed by atoms with Gasteiger partial charge in [0.1, 0.15) is 5.82 Å². The van der Waals surface area contributed by atoms with Crippen molar-refractivity contribution < 1.29 is 4.79 Å². The average molecular weight is 393 g/mol. The van der Waals surface area contributed by atoms with Crippen LogP contribution in [0.4, 0.5) is 0 Å². The zero-order chi connectivity index (χ0) is 20.4. The molecule has 29 heavy (non-hydrogen) atoms. The molecule has 5 heteroatoms. The summed E-state index contributed by atoms with van der Waals surface area (Å²) in [5.41, 5.74) is 4.97. The van der Waals surface area contributed by atoms with Crippen molar-refractivity contribution in [3.8, 4) is 0 Å². The molecule has 2 aromatic rings. The SMILES string of the molecule is CC(=O)N1CCc2nc([C@@H]3CCCCN3Cc3ccc(C(C)C)cc3)ncc2C1. The smallest absolute Gasteiger partial charge is 0.219 e. The van der Waals surface area contributed by atoms with E-state index < -0.39 is 0 Å². The first kappa shape index (κ1) is 20.0. The van der Waals surface area contributed by atoms with Crippen molar-refractivity contribution in [2.75, 3.05) is 13.1 Å². The molecule has 2 aliphatic heterocycles. The number of hydrogen-bond donors (Lipinski definition) is 0. The summed E-state index contributed by atoms with van der Waals surface area (Å²) in [6.45, 7) is 9.54. The first-order valence-corrected chi connectivity index (χ1v) is 10.9. The number of likely N-dealkylation sites (tertiary alicyclic amines) is 1. The first-order chi connectivity index (χ1) is 14.0. The van der Waals surface area contributed by atoms with Crippen molar-refractivity contribution in [3.63, 3.8) is 0 Å². The van der Waals surface area contributed by atoms with E-state index in [0.29, 0.717) is 12.5 Å². The molecule has 3 heterocycles. The van der Waals surface area contributed by atoms with Gasteiger partial charge in [-0.05, 0) is 36.4 Å². The zero-order valence-corrected chi connectivity index (χ0v) is 17.9. The molecule has 1 saturated heterocycles. The van der Waals surface area contributed by atoms with E-state index in [1.165, 1.54) is 24.0 Å². The van der Waals surface area contributed by atoms with E-state index in [1.807, 2.05) is 11.1 Å². The molecule has 4 rings (SSSR count). The molecule has 154 valence electrons. The largest absolute Gasteiger partial charge is 0.338 e. The summed E-state index contributed by atoms with van der Waals surface area (Å²) in [5.74, 6) is 1.65. The number of rotatable bonds is 4. The molecule has 0 aliphatic carbocycles. The Morgan fingerprint density at radius 2 is 1.97 bits per heavy atom. The Morgan fingerprint density at radius 1 is 1.17 bits per heavy atom. The summed E-state index contributed by atoms with van der Waals surface area (Å²) in [4.78, 5) is 25.8. The maximum atomic E-state index is 11.7. The van der Waals surface area contributed by atoms with Gasteiger partial charge in [0.2, 0.25) is 5.91 Å². The number of benzene rings is 1. The summed E-state index contributed by atoms with van der Waals surface area (Å²) >= 11 is 0. The lowest BCUT2D eigenvalue weighted by Crippen LogP contribution is -2.36. The van der Waals surface area contributed by atoms with Crippen molar-refractivity contribution in [3.05, 3.63) is 58.7 Å². The number of carbonyl (C=O) groups excluding carboxylic acids is 1. The molecule has 1 amide bonds. The Morgan fingerprint density at radius 3 is 2.69 bits per heavy atom. The topological polar surface area (TPSA) is 49.3 Å². The summed E-state index contributed by atoms with van der Waals surface area (Å²) < 4.78 is 0. The van der Waals surface area contributed by atoms with E-state index in [4.69, 9.17) is 9.97 Å². The van der Waals surface area contributed by atoms with Crippen LogP contribution in [-0.2, 0) is 24.3 Å². The van der Waals surface area contributed by atoms with Crippen LogP contribution in [-0.4, -0.2) is 38.8 Å². The molecule has 0 bridgehead atoms. The van der Waals surface area contributed by atoms with Crippen molar-refractivity contribution in [2.24, 2.45) is 0 Å². The number of nitrogens with zero attached hydrogens (tertiary/aromatic N) is 4. The summed E-state index contributed by atoms with van der Waals surface area (Å²) in [7, 11) is 0. The molecule has 5 nitrogen and oxygen atoms in total. The van der Waals surface area contributed by atoms with Crippen LogP contribution in [0.1, 0.15) is 80.2 Å². The molecular weight excluding hydrogens is 360 g/mol. The minimum atomic E-state index is 0.127. The van der Waals surface area contributed by atoms with Crippen molar-refractivity contribution in [1.82, 2.24) is 19.8 Å². The van der Waals surface area contributed by atoms with Crippen LogP contribution < -0.4 is 0 Å². The van der Waals surface area contributed by atoms with Gasteiger partial charge in [-0.1, -0.05) is 44.5 Å². The van der Waals surface area contributed by atoms with E-state index in [1.54, 1.807) is 6.92 Å². The fraction of sp³-hybridized carbons (Fsp3) is 0.542. The Balaban J connectivity index is 1.51. The fourth-order valence-electron chi connectivity index (χ4n) is 4.48. The van der Waals surface area contributed by atoms with E-state index in [0.717, 1.165) is 49.6 Å². The third-order valence-electron chi connectivity index (χ3n) is 6.34. The van der Waals surface area contributed by atoms with Crippen LogP contribution in [0.5, 0.6) is 0 Å². The van der Waals surface area contributed by atoms with Gasteiger partial charge in [-0.3, -0.25) is 9.69 Å². The quantitative estimate of drug-likeness (QED) is 0.781. The van der Waals surface area contributed by atoms with Crippen LogP contribution in [0.2, 0.25) is 0 Å². The van der Waals surface area contributed by atoms with Crippen LogP contribution in [0.25, 0.3) is 0 Å². The molecule has 1 aromatic heterocycles. The number of piperidine rings is 1. The van der Waals surface area contributed by atoms with E-state index in [-0.39, 0.29) is 11.9 Å². The zero-order valence-electron chi connectivity index (χ0n) is 17.9.